The van der Waals surface area contributed by atoms with Crippen LogP contribution in [0.15, 0.2) is 17.1 Å². The highest BCUT2D eigenvalue weighted by atomic mass is 19.1. The molecule has 1 fully saturated rings. The molecule has 0 amide bonds. The van der Waals surface area contributed by atoms with Crippen molar-refractivity contribution >= 4 is 22.6 Å². The van der Waals surface area contributed by atoms with E-state index in [9.17, 15) is 14.7 Å². The summed E-state index contributed by atoms with van der Waals surface area (Å²) in [6.45, 7) is 3.16. The van der Waals surface area contributed by atoms with Crippen LogP contribution in [0, 0.1) is 5.82 Å². The first kappa shape index (κ1) is 18.5. The van der Waals surface area contributed by atoms with E-state index in [2.05, 4.69) is 4.90 Å². The average Bonchev–Trinajstić information content (AvgIpc) is 2.67. The van der Waals surface area contributed by atoms with Crippen LogP contribution in [0.2, 0.25) is 0 Å². The zero-order valence-electron chi connectivity index (χ0n) is 15.4. The van der Waals surface area contributed by atoms with Crippen molar-refractivity contribution < 1.29 is 24.1 Å². The predicted molar refractivity (Wildman–Crippen MR) is 101 cm³/mol. The molecule has 28 heavy (non-hydrogen) atoms. The summed E-state index contributed by atoms with van der Waals surface area (Å²) < 4.78 is 22.4. The van der Waals surface area contributed by atoms with Gasteiger partial charge in [0, 0.05) is 46.0 Å². The van der Waals surface area contributed by atoms with E-state index in [-0.39, 0.29) is 30.2 Å². The Morgan fingerprint density at radius 2 is 2.00 bits per heavy atom. The summed E-state index contributed by atoms with van der Waals surface area (Å²) in [6, 6.07) is 1.10. The van der Waals surface area contributed by atoms with Gasteiger partial charge >= 0.3 is 5.97 Å². The van der Waals surface area contributed by atoms with Crippen molar-refractivity contribution in [2.24, 2.45) is 0 Å². The zero-order chi connectivity index (χ0) is 20.0. The van der Waals surface area contributed by atoms with Crippen LogP contribution in [0.25, 0.3) is 10.9 Å². The van der Waals surface area contributed by atoms with E-state index in [1.54, 1.807) is 12.1 Å². The molecule has 2 aliphatic rings. The van der Waals surface area contributed by atoms with Crippen molar-refractivity contribution in [3.05, 3.63) is 33.9 Å². The largest absolute Gasteiger partial charge is 0.477 e. The Kier molecular flexibility index (Phi) is 4.60. The van der Waals surface area contributed by atoms with E-state index >= 15 is 4.39 Å². The van der Waals surface area contributed by atoms with Crippen LogP contribution in [0.3, 0.4) is 0 Å². The number of hydrogen-bond acceptors (Lipinski definition) is 7. The van der Waals surface area contributed by atoms with Crippen molar-refractivity contribution in [3.63, 3.8) is 0 Å². The lowest BCUT2D eigenvalue weighted by Gasteiger charge is -2.38. The van der Waals surface area contributed by atoms with E-state index in [0.717, 1.165) is 6.07 Å². The van der Waals surface area contributed by atoms with Crippen molar-refractivity contribution in [1.82, 2.24) is 9.58 Å². The average molecular weight is 392 g/mol. The van der Waals surface area contributed by atoms with E-state index < -0.39 is 22.8 Å². The second kappa shape index (κ2) is 6.95. The van der Waals surface area contributed by atoms with Gasteiger partial charge in [0.15, 0.2) is 18.3 Å². The molecule has 0 saturated carbocycles. The van der Waals surface area contributed by atoms with Gasteiger partial charge < -0.3 is 19.8 Å². The number of ether oxygens (including phenoxy) is 1. The molecular weight excluding hydrogens is 371 g/mol. The second-order valence-electron chi connectivity index (χ2n) is 6.94. The molecule has 0 spiro atoms. The number of carbonyl (C=O) groups is 1. The SMILES string of the molecule is CN1COc2c(N3CCN(CCO)CC3)c(F)cc3c(=O)c(C(=O)O)cn1c23. The number of aliphatic hydroxyl groups excluding tert-OH is 1. The van der Waals surface area contributed by atoms with E-state index in [0.29, 0.717) is 38.2 Å². The highest BCUT2D eigenvalue weighted by Gasteiger charge is 2.30. The number of aliphatic hydroxyl groups is 1. The maximum Gasteiger partial charge on any atom is 0.341 e. The van der Waals surface area contributed by atoms with Crippen LogP contribution in [0.5, 0.6) is 5.75 Å². The topological polar surface area (TPSA) is 98.5 Å². The van der Waals surface area contributed by atoms with Crippen LogP contribution >= 0.6 is 0 Å². The zero-order valence-corrected chi connectivity index (χ0v) is 15.4. The van der Waals surface area contributed by atoms with Gasteiger partial charge in [-0.1, -0.05) is 0 Å². The van der Waals surface area contributed by atoms with Crippen molar-refractivity contribution in [1.29, 1.82) is 0 Å². The Morgan fingerprint density at radius 1 is 1.29 bits per heavy atom. The molecule has 0 radical (unpaired) electrons. The Bertz CT molecular complexity index is 1000. The molecule has 150 valence electrons. The Balaban J connectivity index is 1.87. The van der Waals surface area contributed by atoms with Crippen LogP contribution in [-0.2, 0) is 0 Å². The fourth-order valence-electron chi connectivity index (χ4n) is 3.81. The van der Waals surface area contributed by atoms with Crippen LogP contribution in [-0.4, -0.2) is 78.9 Å². The number of halogens is 1. The number of rotatable bonds is 4. The molecule has 0 bridgehead atoms. The third-order valence-electron chi connectivity index (χ3n) is 5.25. The Labute approximate surface area is 159 Å². The predicted octanol–water partition coefficient (Wildman–Crippen LogP) is -0.129. The van der Waals surface area contributed by atoms with Gasteiger partial charge in [-0.25, -0.2) is 9.18 Å². The van der Waals surface area contributed by atoms with Crippen LogP contribution in [0.4, 0.5) is 10.1 Å². The summed E-state index contributed by atoms with van der Waals surface area (Å²) in [6.07, 6.45) is 1.25. The lowest BCUT2D eigenvalue weighted by Crippen LogP contribution is -2.48. The summed E-state index contributed by atoms with van der Waals surface area (Å²) in [5, 5.41) is 20.0. The van der Waals surface area contributed by atoms with Gasteiger partial charge in [0.25, 0.3) is 0 Å². The summed E-state index contributed by atoms with van der Waals surface area (Å²) in [5.41, 5.74) is -0.521. The Morgan fingerprint density at radius 3 is 2.64 bits per heavy atom. The molecule has 2 N–H and O–H groups in total. The quantitative estimate of drug-likeness (QED) is 0.743. The molecule has 1 saturated heterocycles. The van der Waals surface area contributed by atoms with Gasteiger partial charge in [-0.05, 0) is 6.07 Å². The summed E-state index contributed by atoms with van der Waals surface area (Å²) in [7, 11) is 1.69. The van der Waals surface area contributed by atoms with Gasteiger partial charge in [-0.3, -0.25) is 19.4 Å². The van der Waals surface area contributed by atoms with Gasteiger partial charge in [-0.2, -0.15) is 0 Å². The minimum absolute atomic E-state index is 0.0263. The molecule has 2 aromatic rings. The van der Waals surface area contributed by atoms with Crippen molar-refractivity contribution in [2.45, 2.75) is 0 Å². The van der Waals surface area contributed by atoms with E-state index in [4.69, 9.17) is 9.84 Å². The summed E-state index contributed by atoms with van der Waals surface area (Å²) in [5.74, 6) is -1.73. The smallest absolute Gasteiger partial charge is 0.341 e. The number of benzene rings is 1. The third kappa shape index (κ3) is 2.85. The molecule has 10 heteroatoms. The molecule has 0 aliphatic carbocycles. The number of aromatic nitrogens is 1. The fraction of sp³-hybridized carbons (Fsp3) is 0.444. The number of aromatic carboxylic acids is 1. The van der Waals surface area contributed by atoms with E-state index in [1.165, 1.54) is 10.9 Å². The van der Waals surface area contributed by atoms with Crippen LogP contribution < -0.4 is 20.1 Å². The maximum atomic E-state index is 15.1. The minimum atomic E-state index is -1.36. The molecule has 1 aromatic carbocycles. The standard InChI is InChI=1S/C18H21FN4O5/c1-20-10-28-17-14-11(16(25)12(18(26)27)9-23(14)20)8-13(19)15(17)22-4-2-21(3-5-22)6-7-24/h8-9,24H,2-7,10H2,1H3,(H,26,27). The first-order valence-electron chi connectivity index (χ1n) is 9.00. The monoisotopic (exact) mass is 392 g/mol. The number of carboxylic acids is 1. The van der Waals surface area contributed by atoms with Crippen LogP contribution in [0.1, 0.15) is 10.4 Å². The molecular formula is C18H21FN4O5. The first-order chi connectivity index (χ1) is 13.4. The maximum absolute atomic E-state index is 15.1. The molecule has 0 atom stereocenters. The lowest BCUT2D eigenvalue weighted by atomic mass is 10.1. The van der Waals surface area contributed by atoms with Crippen molar-refractivity contribution in [2.75, 3.05) is 63.0 Å². The number of hydrogen-bond donors (Lipinski definition) is 2. The Hall–Kier alpha value is -2.85. The summed E-state index contributed by atoms with van der Waals surface area (Å²) in [4.78, 5) is 28.0. The minimum Gasteiger partial charge on any atom is -0.477 e. The number of nitrogens with zero attached hydrogens (tertiary/aromatic N) is 4. The first-order valence-corrected chi connectivity index (χ1v) is 9.00. The number of carboxylic acid groups (broad SMARTS) is 1. The van der Waals surface area contributed by atoms with E-state index in [1.807, 2.05) is 4.90 Å². The molecule has 4 rings (SSSR count). The normalized spacial score (nSPS) is 17.1. The highest BCUT2D eigenvalue weighted by Crippen LogP contribution is 2.40. The fourth-order valence-corrected chi connectivity index (χ4v) is 3.81. The third-order valence-corrected chi connectivity index (χ3v) is 5.25. The van der Waals surface area contributed by atoms with Gasteiger partial charge in [0.1, 0.15) is 16.8 Å². The number of pyridine rings is 1. The molecule has 0 unspecified atom stereocenters. The molecule has 2 aliphatic heterocycles. The molecule has 9 nitrogen and oxygen atoms in total. The molecule has 1 aromatic heterocycles. The van der Waals surface area contributed by atoms with Crippen molar-refractivity contribution in [3.8, 4) is 5.75 Å². The van der Waals surface area contributed by atoms with Gasteiger partial charge in [0.05, 0.1) is 12.0 Å². The number of piperazine rings is 1. The number of anilines is 1. The highest BCUT2D eigenvalue weighted by molar-refractivity contribution is 5.97. The second-order valence-corrected chi connectivity index (χ2v) is 6.94. The van der Waals surface area contributed by atoms with Gasteiger partial charge in [-0.15, -0.1) is 0 Å². The number of β-amino-alcohol motifs (C(OH)–C–C–N with tert-alkyl or cyclic N) is 1. The summed E-state index contributed by atoms with van der Waals surface area (Å²) >= 11 is 0. The van der Waals surface area contributed by atoms with Gasteiger partial charge in [0.2, 0.25) is 5.43 Å². The lowest BCUT2D eigenvalue weighted by molar-refractivity contribution is 0.0694. The molecule has 3 heterocycles.